The number of amides is 2. The van der Waals surface area contributed by atoms with Gasteiger partial charge in [-0.3, -0.25) is 9.59 Å². The molecule has 184 valence electrons. The van der Waals surface area contributed by atoms with Crippen LogP contribution in [0.5, 0.6) is 0 Å². The highest BCUT2D eigenvalue weighted by atomic mass is 16.5. The first-order chi connectivity index (χ1) is 16.7. The number of aliphatic carboxylic acids is 1. The van der Waals surface area contributed by atoms with Gasteiger partial charge < -0.3 is 20.5 Å². The smallest absolute Gasteiger partial charge is 0.407 e. The number of hydrogen-bond acceptors (Lipinski definition) is 4. The monoisotopic (exact) mass is 476 g/mol. The minimum absolute atomic E-state index is 0.0166. The summed E-state index contributed by atoms with van der Waals surface area (Å²) in [7, 11) is 0. The van der Waals surface area contributed by atoms with Crippen LogP contribution in [0.3, 0.4) is 0 Å². The average molecular weight is 477 g/mol. The lowest BCUT2D eigenvalue weighted by atomic mass is 9.71. The van der Waals surface area contributed by atoms with Crippen molar-refractivity contribution in [2.24, 2.45) is 23.2 Å². The van der Waals surface area contributed by atoms with Crippen LogP contribution in [0.4, 0.5) is 4.79 Å². The Morgan fingerprint density at radius 1 is 0.971 bits per heavy atom. The summed E-state index contributed by atoms with van der Waals surface area (Å²) in [5.74, 6) is -0.558. The number of carbonyl (C=O) groups is 3. The van der Waals surface area contributed by atoms with Crippen LogP contribution in [0.25, 0.3) is 11.1 Å². The number of rotatable bonds is 7. The fourth-order valence-corrected chi connectivity index (χ4v) is 5.98. The predicted octanol–water partition coefficient (Wildman–Crippen LogP) is 4.17. The van der Waals surface area contributed by atoms with Gasteiger partial charge in [0.05, 0.1) is 11.3 Å². The largest absolute Gasteiger partial charge is 0.481 e. The molecule has 3 aliphatic carbocycles. The molecule has 3 aliphatic rings. The first kappa shape index (κ1) is 23.4. The van der Waals surface area contributed by atoms with Crippen LogP contribution in [0.1, 0.15) is 50.2 Å². The Bertz CT molecular complexity index is 1110. The molecule has 0 aromatic heterocycles. The van der Waals surface area contributed by atoms with Crippen LogP contribution in [0.15, 0.2) is 48.5 Å². The number of carboxylic acids is 1. The molecule has 7 nitrogen and oxygen atoms in total. The summed E-state index contributed by atoms with van der Waals surface area (Å²) in [6.45, 7) is 3.95. The van der Waals surface area contributed by atoms with Gasteiger partial charge in [-0.1, -0.05) is 48.5 Å². The maximum atomic E-state index is 12.9. The van der Waals surface area contributed by atoms with Gasteiger partial charge >= 0.3 is 12.1 Å². The number of carbonyl (C=O) groups excluding carboxylic acids is 2. The number of fused-ring (bicyclic) bond motifs is 4. The third-order valence-corrected chi connectivity index (χ3v) is 8.12. The standard InChI is InChI=1S/C28H32N2O5/c1-28(2,26(33)30-24-13-16-11-17(25(31)32)12-22(16)24)15-29-27(34)35-14-23-20-9-5-3-7-18(20)19-8-4-6-10-21(19)23/h3-10,16-17,22-24H,11-15H2,1-2H3,(H,29,34)(H,30,33)(H,31,32)/t16-,17?,22-,24+/m0/s1. The van der Waals surface area contributed by atoms with E-state index in [-0.39, 0.29) is 42.9 Å². The predicted molar refractivity (Wildman–Crippen MR) is 131 cm³/mol. The van der Waals surface area contributed by atoms with Gasteiger partial charge in [0.1, 0.15) is 6.61 Å². The molecule has 0 saturated heterocycles. The molecule has 2 amide bonds. The molecule has 2 aromatic carbocycles. The Balaban J connectivity index is 1.12. The highest BCUT2D eigenvalue weighted by Gasteiger charge is 2.50. The molecule has 0 aliphatic heterocycles. The van der Waals surface area contributed by atoms with E-state index in [1.165, 1.54) is 11.1 Å². The number of nitrogens with one attached hydrogen (secondary N) is 2. The van der Waals surface area contributed by atoms with Crippen LogP contribution < -0.4 is 10.6 Å². The lowest BCUT2D eigenvalue weighted by Crippen LogP contribution is -2.55. The summed E-state index contributed by atoms with van der Waals surface area (Å²) in [4.78, 5) is 36.7. The zero-order chi connectivity index (χ0) is 24.7. The summed E-state index contributed by atoms with van der Waals surface area (Å²) in [6, 6.07) is 16.4. The number of hydrogen-bond donors (Lipinski definition) is 3. The van der Waals surface area contributed by atoms with Crippen LogP contribution >= 0.6 is 0 Å². The summed E-state index contributed by atoms with van der Waals surface area (Å²) in [5, 5.41) is 15.1. The molecule has 3 N–H and O–H groups in total. The molecule has 2 fully saturated rings. The molecule has 2 aromatic rings. The van der Waals surface area contributed by atoms with E-state index in [0.29, 0.717) is 18.8 Å². The number of alkyl carbamates (subject to hydrolysis) is 1. The number of ether oxygens (including phenoxy) is 1. The molecule has 0 bridgehead atoms. The molecule has 4 atom stereocenters. The Hall–Kier alpha value is -3.35. The quantitative estimate of drug-likeness (QED) is 0.556. The minimum Gasteiger partial charge on any atom is -0.481 e. The lowest BCUT2D eigenvalue weighted by molar-refractivity contribution is -0.141. The first-order valence-corrected chi connectivity index (χ1v) is 12.4. The highest BCUT2D eigenvalue weighted by Crippen LogP contribution is 2.50. The molecule has 0 radical (unpaired) electrons. The van der Waals surface area contributed by atoms with Crippen molar-refractivity contribution in [1.82, 2.24) is 10.6 Å². The number of carboxylic acid groups (broad SMARTS) is 1. The molecule has 1 unspecified atom stereocenters. The SMILES string of the molecule is CC(C)(CNC(=O)OCC1c2ccccc2-c2ccccc21)C(=O)N[C@@H]1C[C@@H]2CC(C(=O)O)C[C@@H]21. The van der Waals surface area contributed by atoms with Crippen LogP contribution in [0.2, 0.25) is 0 Å². The summed E-state index contributed by atoms with van der Waals surface area (Å²) in [5.41, 5.74) is 3.82. The zero-order valence-corrected chi connectivity index (χ0v) is 20.1. The second-order valence-corrected chi connectivity index (χ2v) is 10.8. The van der Waals surface area contributed by atoms with Crippen molar-refractivity contribution in [1.29, 1.82) is 0 Å². The maximum Gasteiger partial charge on any atom is 0.407 e. The summed E-state index contributed by atoms with van der Waals surface area (Å²) >= 11 is 0. The molecule has 5 rings (SSSR count). The molecule has 2 saturated carbocycles. The molecule has 7 heteroatoms. The average Bonchev–Trinajstić information content (AvgIpc) is 3.35. The highest BCUT2D eigenvalue weighted by molar-refractivity contribution is 5.83. The van der Waals surface area contributed by atoms with Crippen molar-refractivity contribution >= 4 is 18.0 Å². The van der Waals surface area contributed by atoms with E-state index in [2.05, 4.69) is 34.9 Å². The lowest BCUT2D eigenvalue weighted by Gasteiger charge is -2.42. The van der Waals surface area contributed by atoms with Gasteiger partial charge in [0.25, 0.3) is 0 Å². The molecular formula is C28H32N2O5. The fraction of sp³-hybridized carbons (Fsp3) is 0.464. The second-order valence-electron chi connectivity index (χ2n) is 10.8. The van der Waals surface area contributed by atoms with Crippen molar-refractivity contribution in [2.45, 2.75) is 45.1 Å². The molecule has 35 heavy (non-hydrogen) atoms. The van der Waals surface area contributed by atoms with E-state index in [1.807, 2.05) is 24.3 Å². The maximum absolute atomic E-state index is 12.9. The Morgan fingerprint density at radius 3 is 2.23 bits per heavy atom. The normalized spacial score (nSPS) is 24.5. The van der Waals surface area contributed by atoms with Crippen LogP contribution in [-0.2, 0) is 14.3 Å². The number of benzene rings is 2. The minimum atomic E-state index is -0.818. The second kappa shape index (κ2) is 9.02. The van der Waals surface area contributed by atoms with Crippen molar-refractivity contribution in [3.05, 3.63) is 59.7 Å². The van der Waals surface area contributed by atoms with Gasteiger partial charge in [-0.2, -0.15) is 0 Å². The van der Waals surface area contributed by atoms with E-state index in [1.54, 1.807) is 13.8 Å². The molecule has 0 spiro atoms. The van der Waals surface area contributed by atoms with Gasteiger partial charge in [0, 0.05) is 18.5 Å². The third kappa shape index (κ3) is 4.40. The third-order valence-electron chi connectivity index (χ3n) is 8.12. The van der Waals surface area contributed by atoms with Crippen LogP contribution in [-0.4, -0.2) is 42.3 Å². The van der Waals surface area contributed by atoms with E-state index >= 15 is 0 Å². The topological polar surface area (TPSA) is 105 Å². The van der Waals surface area contributed by atoms with E-state index in [4.69, 9.17) is 4.74 Å². The van der Waals surface area contributed by atoms with Crippen LogP contribution in [0, 0.1) is 23.2 Å². The van der Waals surface area contributed by atoms with Crippen molar-refractivity contribution < 1.29 is 24.2 Å². The van der Waals surface area contributed by atoms with E-state index < -0.39 is 17.5 Å². The Morgan fingerprint density at radius 2 is 1.60 bits per heavy atom. The van der Waals surface area contributed by atoms with Crippen molar-refractivity contribution in [3.8, 4) is 11.1 Å². The van der Waals surface area contributed by atoms with Crippen molar-refractivity contribution in [2.75, 3.05) is 13.2 Å². The van der Waals surface area contributed by atoms with Crippen molar-refractivity contribution in [3.63, 3.8) is 0 Å². The molecule has 0 heterocycles. The summed E-state index contributed by atoms with van der Waals surface area (Å²) < 4.78 is 5.58. The zero-order valence-electron chi connectivity index (χ0n) is 20.1. The van der Waals surface area contributed by atoms with Gasteiger partial charge in [-0.15, -0.1) is 0 Å². The molecular weight excluding hydrogens is 444 g/mol. The van der Waals surface area contributed by atoms with Gasteiger partial charge in [0.15, 0.2) is 0 Å². The fourth-order valence-electron chi connectivity index (χ4n) is 5.98. The summed E-state index contributed by atoms with van der Waals surface area (Å²) in [6.07, 6.45) is 1.62. The van der Waals surface area contributed by atoms with Gasteiger partial charge in [-0.05, 0) is 67.2 Å². The van der Waals surface area contributed by atoms with E-state index in [0.717, 1.165) is 17.5 Å². The van der Waals surface area contributed by atoms with Gasteiger partial charge in [0.2, 0.25) is 5.91 Å². The van der Waals surface area contributed by atoms with E-state index in [9.17, 15) is 19.5 Å². The van der Waals surface area contributed by atoms with Gasteiger partial charge in [-0.25, -0.2) is 4.79 Å². The first-order valence-electron chi connectivity index (χ1n) is 12.4. The Labute approximate surface area is 205 Å². The Kier molecular flexibility index (Phi) is 6.03.